The van der Waals surface area contributed by atoms with Crippen LogP contribution in [0.15, 0.2) is 102 Å². The molecule has 254 valence electrons. The summed E-state index contributed by atoms with van der Waals surface area (Å²) in [7, 11) is 3.31. The van der Waals surface area contributed by atoms with Crippen LogP contribution in [-0.2, 0) is 26.1 Å². The van der Waals surface area contributed by atoms with Gasteiger partial charge in [0.2, 0.25) is 0 Å². The van der Waals surface area contributed by atoms with Crippen molar-refractivity contribution in [3.05, 3.63) is 135 Å². The van der Waals surface area contributed by atoms with E-state index in [1.165, 1.54) is 16.8 Å². The van der Waals surface area contributed by atoms with Crippen molar-refractivity contribution in [1.29, 1.82) is 0 Å². The van der Waals surface area contributed by atoms with Gasteiger partial charge in [0, 0.05) is 50.3 Å². The fraction of sp³-hybridized carbons (Fsp3) is 0.300. The Morgan fingerprint density at radius 2 is 1.51 bits per heavy atom. The minimum atomic E-state index is 0.00917. The number of thiazole rings is 1. The van der Waals surface area contributed by atoms with Crippen molar-refractivity contribution < 1.29 is 19.0 Å². The largest absolute Gasteiger partial charge is 0.493 e. The zero-order valence-electron chi connectivity index (χ0n) is 28.5. The highest BCUT2D eigenvalue weighted by Crippen LogP contribution is 2.28. The van der Waals surface area contributed by atoms with E-state index in [0.29, 0.717) is 37.7 Å². The van der Waals surface area contributed by atoms with E-state index in [-0.39, 0.29) is 5.91 Å². The zero-order valence-corrected chi connectivity index (χ0v) is 29.3. The molecule has 0 aliphatic carbocycles. The molecule has 4 aromatic carbocycles. The van der Waals surface area contributed by atoms with Crippen LogP contribution >= 0.6 is 11.3 Å². The molecule has 1 aliphatic rings. The van der Waals surface area contributed by atoms with Gasteiger partial charge in [-0.3, -0.25) is 9.69 Å². The molecule has 1 aliphatic heterocycles. The second-order valence-electron chi connectivity index (χ2n) is 12.3. The second kappa shape index (κ2) is 16.5. The molecule has 1 fully saturated rings. The molecule has 2 heterocycles. The van der Waals surface area contributed by atoms with Crippen LogP contribution in [0, 0.1) is 6.92 Å². The Bertz CT molecular complexity index is 1800. The Morgan fingerprint density at radius 3 is 2.24 bits per heavy atom. The van der Waals surface area contributed by atoms with Gasteiger partial charge in [-0.1, -0.05) is 66.7 Å². The maximum absolute atomic E-state index is 13.5. The lowest BCUT2D eigenvalue weighted by atomic mass is 10.1. The predicted molar refractivity (Wildman–Crippen MR) is 196 cm³/mol. The number of methoxy groups -OCH3 is 2. The van der Waals surface area contributed by atoms with E-state index in [9.17, 15) is 4.79 Å². The topological polar surface area (TPSA) is 67.4 Å². The summed E-state index contributed by atoms with van der Waals surface area (Å²) in [4.78, 5) is 25.0. The third kappa shape index (κ3) is 8.99. The molecule has 5 aromatic rings. The summed E-state index contributed by atoms with van der Waals surface area (Å²) in [6.45, 7) is 7.83. The van der Waals surface area contributed by atoms with E-state index >= 15 is 0 Å². The van der Waals surface area contributed by atoms with Gasteiger partial charge in [0.05, 0.1) is 20.8 Å². The Morgan fingerprint density at radius 1 is 0.796 bits per heavy atom. The number of ether oxygens (including phenoxy) is 3. The van der Waals surface area contributed by atoms with E-state index < -0.39 is 0 Å². The van der Waals surface area contributed by atoms with Crippen LogP contribution in [0.5, 0.6) is 17.2 Å². The van der Waals surface area contributed by atoms with Crippen molar-refractivity contribution in [1.82, 2.24) is 14.8 Å². The fourth-order valence-electron chi connectivity index (χ4n) is 6.13. The summed E-state index contributed by atoms with van der Waals surface area (Å²) in [5, 5.41) is 2.84. The number of aromatic nitrogens is 1. The van der Waals surface area contributed by atoms with E-state index in [2.05, 4.69) is 71.3 Å². The quantitative estimate of drug-likeness (QED) is 0.123. The van der Waals surface area contributed by atoms with Crippen LogP contribution in [0.3, 0.4) is 0 Å². The van der Waals surface area contributed by atoms with Crippen LogP contribution in [0.2, 0.25) is 0 Å². The number of nitrogens with zero attached hydrogens (tertiary/aromatic N) is 4. The summed E-state index contributed by atoms with van der Waals surface area (Å²) < 4.78 is 17.0. The van der Waals surface area contributed by atoms with Crippen molar-refractivity contribution in [2.75, 3.05) is 51.8 Å². The molecule has 1 aromatic heterocycles. The molecule has 0 N–H and O–H groups in total. The number of benzene rings is 4. The summed E-state index contributed by atoms with van der Waals surface area (Å²) in [6.07, 6.45) is 0.820. The van der Waals surface area contributed by atoms with Gasteiger partial charge in [-0.15, -0.1) is 11.3 Å². The molecule has 0 radical (unpaired) electrons. The monoisotopic (exact) mass is 676 g/mol. The van der Waals surface area contributed by atoms with E-state index in [0.717, 1.165) is 60.2 Å². The first-order valence-corrected chi connectivity index (χ1v) is 17.6. The first kappa shape index (κ1) is 34.0. The third-order valence-electron chi connectivity index (χ3n) is 8.90. The van der Waals surface area contributed by atoms with Gasteiger partial charge >= 0.3 is 0 Å². The number of rotatable bonds is 14. The minimum absolute atomic E-state index is 0.00917. The fourth-order valence-corrected chi connectivity index (χ4v) is 6.94. The molecule has 0 saturated carbocycles. The van der Waals surface area contributed by atoms with E-state index in [4.69, 9.17) is 19.2 Å². The second-order valence-corrected chi connectivity index (χ2v) is 13.2. The number of carbonyl (C=O) groups excluding carboxylic acids is 1. The lowest BCUT2D eigenvalue weighted by Gasteiger charge is -2.36. The Balaban J connectivity index is 1.10. The number of para-hydroxylation sites is 1. The number of piperazine rings is 1. The van der Waals surface area contributed by atoms with Crippen LogP contribution in [0.25, 0.3) is 0 Å². The normalized spacial score (nSPS) is 13.1. The third-order valence-corrected chi connectivity index (χ3v) is 9.73. The molecule has 0 unspecified atom stereocenters. The van der Waals surface area contributed by atoms with E-state index in [1.807, 2.05) is 52.7 Å². The molecule has 0 atom stereocenters. The highest BCUT2D eigenvalue weighted by molar-refractivity contribution is 7.09. The summed E-state index contributed by atoms with van der Waals surface area (Å²) in [5.74, 6) is 2.29. The average Bonchev–Trinajstić information content (AvgIpc) is 3.62. The lowest BCUT2D eigenvalue weighted by molar-refractivity contribution is 0.0741. The molecule has 49 heavy (non-hydrogen) atoms. The van der Waals surface area contributed by atoms with Crippen LogP contribution in [-0.4, -0.2) is 67.6 Å². The highest BCUT2D eigenvalue weighted by Gasteiger charge is 2.25. The summed E-state index contributed by atoms with van der Waals surface area (Å²) >= 11 is 1.55. The lowest BCUT2D eigenvalue weighted by Crippen LogP contribution is -2.49. The van der Waals surface area contributed by atoms with E-state index in [1.54, 1.807) is 25.6 Å². The molecule has 8 nitrogen and oxygen atoms in total. The van der Waals surface area contributed by atoms with Gasteiger partial charge in [0.1, 0.15) is 23.1 Å². The molecule has 9 heteroatoms. The number of amides is 1. The number of hydrogen-bond acceptors (Lipinski definition) is 8. The minimum Gasteiger partial charge on any atom is -0.493 e. The molecule has 1 amide bonds. The maximum Gasteiger partial charge on any atom is 0.273 e. The molecule has 6 rings (SSSR count). The van der Waals surface area contributed by atoms with Crippen molar-refractivity contribution >= 4 is 22.9 Å². The number of anilines is 1. The predicted octanol–water partition coefficient (Wildman–Crippen LogP) is 7.26. The number of aryl methyl sites for hydroxylation is 1. The van der Waals surface area contributed by atoms with Gasteiger partial charge in [-0.05, 0) is 65.9 Å². The van der Waals surface area contributed by atoms with Crippen molar-refractivity contribution in [3.8, 4) is 17.2 Å². The van der Waals surface area contributed by atoms with Gasteiger partial charge in [-0.2, -0.15) is 0 Å². The number of carbonyl (C=O) groups is 1. The molecular formula is C40H44N4O4S. The van der Waals surface area contributed by atoms with Crippen LogP contribution in [0.4, 0.5) is 5.69 Å². The maximum atomic E-state index is 13.5. The zero-order chi connectivity index (χ0) is 34.0. The van der Waals surface area contributed by atoms with Gasteiger partial charge in [0.25, 0.3) is 5.91 Å². The smallest absolute Gasteiger partial charge is 0.273 e. The first-order chi connectivity index (χ1) is 24.0. The number of hydrogen-bond donors (Lipinski definition) is 0. The molecule has 0 bridgehead atoms. The standard InChI is InChI=1S/C40H44N4O4S/c1-30-9-7-8-12-36(30)43-21-23-44(24-22-43)40(45)35-29-49-39(41-35)27-42(20-19-31-15-18-37(46-2)38(25-31)47-3)26-32-13-16-34(17-14-32)48-28-33-10-5-4-6-11-33/h4-18,25,29H,19-24,26-28H2,1-3H3. The Hall–Kier alpha value is -4.86. The summed E-state index contributed by atoms with van der Waals surface area (Å²) in [5.41, 5.74) is 6.51. The SMILES string of the molecule is COc1ccc(CCN(Cc2ccc(OCc3ccccc3)cc2)Cc2nc(C(=O)N3CCN(c4ccccc4C)CC3)cs2)cc1OC. The van der Waals surface area contributed by atoms with Crippen molar-refractivity contribution in [2.24, 2.45) is 0 Å². The Labute approximate surface area is 293 Å². The molecule has 0 spiro atoms. The average molecular weight is 677 g/mol. The molecular weight excluding hydrogens is 633 g/mol. The summed E-state index contributed by atoms with van der Waals surface area (Å²) in [6, 6.07) is 33.0. The van der Waals surface area contributed by atoms with Gasteiger partial charge in [0.15, 0.2) is 11.5 Å². The Kier molecular flexibility index (Phi) is 11.5. The highest BCUT2D eigenvalue weighted by atomic mass is 32.1. The van der Waals surface area contributed by atoms with Gasteiger partial charge in [-0.25, -0.2) is 4.98 Å². The van der Waals surface area contributed by atoms with Crippen LogP contribution < -0.4 is 19.1 Å². The van der Waals surface area contributed by atoms with Crippen LogP contribution in [0.1, 0.15) is 37.7 Å². The van der Waals surface area contributed by atoms with Crippen molar-refractivity contribution in [2.45, 2.75) is 33.0 Å². The van der Waals surface area contributed by atoms with Crippen molar-refractivity contribution in [3.63, 3.8) is 0 Å². The van der Waals surface area contributed by atoms with Gasteiger partial charge < -0.3 is 24.0 Å². The molecule has 1 saturated heterocycles. The first-order valence-electron chi connectivity index (χ1n) is 16.7.